The molecule has 0 saturated heterocycles. The largest absolute Gasteiger partial charge is 0.411 e. The predicted octanol–water partition coefficient (Wildman–Crippen LogP) is 13.4. The zero-order chi connectivity index (χ0) is 43.6. The topological polar surface area (TPSA) is 158 Å². The molecule has 0 fully saturated rings. The average Bonchev–Trinajstić information content (AvgIpc) is 2.93. The molecule has 0 unspecified atom stereocenters. The molecule has 2 aromatic carbocycles. The Kier molecular flexibility index (Phi) is 19.6. The second-order valence-electron chi connectivity index (χ2n) is 8.98. The van der Waals surface area contributed by atoms with Crippen LogP contribution in [0.4, 0.5) is 0 Å². The summed E-state index contributed by atoms with van der Waals surface area (Å²) in [6.07, 6.45) is 0. The van der Waals surface area contributed by atoms with Gasteiger partial charge in [-0.25, -0.2) is 28.8 Å². The summed E-state index contributed by atoms with van der Waals surface area (Å²) in [5, 5.41) is 0. The standard InChI is InChI=1S/C24H4Cl18O12S2/c25-19(26,27)49-13(43)5-1-7(15(45)51-21(31,32)33)11(8(2-5)16(46)52-22(34,35)36)55-56-12-9(17(47)53-23(37,38)39)3-6(14(44)50-20(28,29)30)4-10(12)18(48)54-24(40,41)42/h1-4H. The summed E-state index contributed by atoms with van der Waals surface area (Å²) in [6, 6.07) is 2.66. The van der Waals surface area contributed by atoms with Crippen molar-refractivity contribution in [3.8, 4) is 0 Å². The molecule has 0 heterocycles. The molecule has 32 heteroatoms. The Balaban J connectivity index is 3.10. The van der Waals surface area contributed by atoms with E-state index in [1.54, 1.807) is 0 Å². The van der Waals surface area contributed by atoms with Gasteiger partial charge in [-0.2, -0.15) is 0 Å². The smallest absolute Gasteiger partial charge is 0.342 e. The molecule has 310 valence electrons. The highest BCUT2D eigenvalue weighted by atomic mass is 35.6. The van der Waals surface area contributed by atoms with Crippen LogP contribution in [0.25, 0.3) is 0 Å². The van der Waals surface area contributed by atoms with Crippen LogP contribution in [0.5, 0.6) is 0 Å². The van der Waals surface area contributed by atoms with Crippen molar-refractivity contribution in [3.05, 3.63) is 57.6 Å². The number of benzene rings is 2. The summed E-state index contributed by atoms with van der Waals surface area (Å²) >= 11 is 101. The van der Waals surface area contributed by atoms with Gasteiger partial charge in [0.1, 0.15) is 0 Å². The first-order valence-electron chi connectivity index (χ1n) is 12.5. The van der Waals surface area contributed by atoms with Crippen LogP contribution in [0.2, 0.25) is 0 Å². The number of ether oxygens (including phenoxy) is 6. The van der Waals surface area contributed by atoms with Gasteiger partial charge < -0.3 is 28.4 Å². The number of carbonyl (C=O) groups excluding carboxylic acids is 6. The SMILES string of the molecule is O=C(OC(Cl)(Cl)Cl)c1cc(C(=O)OC(Cl)(Cl)Cl)c(SSc2c(C(=O)OC(Cl)(Cl)Cl)cc(C(=O)OC(Cl)(Cl)Cl)cc2C(=O)OC(Cl)(Cl)Cl)c(C(=O)OC(Cl)(Cl)Cl)c1. The summed E-state index contributed by atoms with van der Waals surface area (Å²) < 4.78 is 11.7. The van der Waals surface area contributed by atoms with Gasteiger partial charge in [0.05, 0.1) is 33.4 Å². The first-order chi connectivity index (χ1) is 25.0. The lowest BCUT2D eigenvalue weighted by Gasteiger charge is -2.21. The normalized spacial score (nSPS) is 12.7. The second-order valence-corrected chi connectivity index (χ2v) is 24.2. The van der Waals surface area contributed by atoms with Crippen molar-refractivity contribution in [2.45, 2.75) is 33.7 Å². The fraction of sp³-hybridized carbons (Fsp3) is 0.250. The molecule has 0 aromatic heterocycles. The summed E-state index contributed by atoms with van der Waals surface area (Å²) in [7, 11) is 0.451. The van der Waals surface area contributed by atoms with Gasteiger partial charge in [0.15, 0.2) is 0 Å². The third-order valence-electron chi connectivity index (χ3n) is 4.99. The first kappa shape index (κ1) is 53.3. The first-order valence-corrected chi connectivity index (χ1v) is 21.4. The lowest BCUT2D eigenvalue weighted by Crippen LogP contribution is -2.23. The Morgan fingerprint density at radius 1 is 0.321 bits per heavy atom. The Bertz CT molecular complexity index is 1660. The van der Waals surface area contributed by atoms with Crippen molar-refractivity contribution in [2.24, 2.45) is 0 Å². The number of rotatable bonds is 9. The van der Waals surface area contributed by atoms with Crippen molar-refractivity contribution < 1.29 is 57.2 Å². The van der Waals surface area contributed by atoms with Crippen LogP contribution in [0, 0.1) is 0 Å². The molecule has 0 spiro atoms. The average molecular weight is 1190 g/mol. The molecular formula is C24H4Cl18O12S2. The number of halogens is 18. The Hall–Kier alpha value is 1.18. The molecule has 0 radical (unpaired) electrons. The van der Waals surface area contributed by atoms with Gasteiger partial charge in [-0.05, 0) is 233 Å². The summed E-state index contributed by atoms with van der Waals surface area (Å²) in [6.45, 7) is 0. The van der Waals surface area contributed by atoms with Crippen LogP contribution >= 0.6 is 230 Å². The van der Waals surface area contributed by atoms with Crippen molar-refractivity contribution in [3.63, 3.8) is 0 Å². The van der Waals surface area contributed by atoms with Gasteiger partial charge in [-0.3, -0.25) is 0 Å². The van der Waals surface area contributed by atoms with Gasteiger partial charge in [-0.1, -0.05) is 21.6 Å². The van der Waals surface area contributed by atoms with E-state index < -0.39 is 103 Å². The molecular weight excluding hydrogens is 1180 g/mol. The maximum Gasteiger partial charge on any atom is 0.342 e. The van der Waals surface area contributed by atoms with Crippen LogP contribution < -0.4 is 0 Å². The monoisotopic (exact) mass is 1180 g/mol. The van der Waals surface area contributed by atoms with Gasteiger partial charge in [0.2, 0.25) is 0 Å². The Labute approximate surface area is 410 Å². The Morgan fingerprint density at radius 3 is 0.643 bits per heavy atom. The molecule has 0 aliphatic carbocycles. The van der Waals surface area contributed by atoms with E-state index in [4.69, 9.17) is 228 Å². The van der Waals surface area contributed by atoms with E-state index in [1.807, 2.05) is 0 Å². The molecule has 0 atom stereocenters. The quantitative estimate of drug-likeness (QED) is 0.101. The minimum absolute atomic E-state index is 0.226. The van der Waals surface area contributed by atoms with E-state index in [2.05, 4.69) is 9.47 Å². The molecule has 2 aromatic rings. The molecule has 2 rings (SSSR count). The highest BCUT2D eigenvalue weighted by Gasteiger charge is 2.38. The number of esters is 6. The third kappa shape index (κ3) is 19.1. The van der Waals surface area contributed by atoms with Crippen molar-refractivity contribution in [1.29, 1.82) is 0 Å². The predicted molar refractivity (Wildman–Crippen MR) is 219 cm³/mol. The van der Waals surface area contributed by atoms with Crippen molar-refractivity contribution >= 4 is 266 Å². The van der Waals surface area contributed by atoms with E-state index in [9.17, 15) is 28.8 Å². The number of alkyl halides is 18. The van der Waals surface area contributed by atoms with E-state index >= 15 is 0 Å². The molecule has 0 bridgehead atoms. The summed E-state index contributed by atoms with van der Waals surface area (Å²) in [5.41, 5.74) is -5.00. The zero-order valence-electron chi connectivity index (χ0n) is 24.8. The third-order valence-corrected chi connectivity index (χ3v) is 8.92. The van der Waals surface area contributed by atoms with Crippen LogP contribution in [0.15, 0.2) is 34.1 Å². The number of carbonyl (C=O) groups is 6. The molecule has 12 nitrogen and oxygen atoms in total. The molecule has 0 aliphatic rings. The van der Waals surface area contributed by atoms with Gasteiger partial charge >= 0.3 is 59.7 Å². The van der Waals surface area contributed by atoms with Crippen LogP contribution in [-0.2, 0) is 28.4 Å². The lowest BCUT2D eigenvalue weighted by molar-refractivity contribution is 0.0453. The molecule has 0 aliphatic heterocycles. The van der Waals surface area contributed by atoms with E-state index in [0.29, 0.717) is 24.3 Å². The number of hydrogen-bond donors (Lipinski definition) is 0. The summed E-state index contributed by atoms with van der Waals surface area (Å²) in [5.74, 6) is -9.48. The Morgan fingerprint density at radius 2 is 0.482 bits per heavy atom. The minimum Gasteiger partial charge on any atom is -0.411 e. The highest BCUT2D eigenvalue weighted by Crippen LogP contribution is 2.47. The lowest BCUT2D eigenvalue weighted by atomic mass is 10.1. The second kappa shape index (κ2) is 20.6. The maximum atomic E-state index is 13.4. The highest BCUT2D eigenvalue weighted by molar-refractivity contribution is 8.76. The van der Waals surface area contributed by atoms with Crippen molar-refractivity contribution in [2.75, 3.05) is 0 Å². The van der Waals surface area contributed by atoms with Gasteiger partial charge in [-0.15, -0.1) is 0 Å². The molecule has 56 heavy (non-hydrogen) atoms. The minimum atomic E-state index is -2.81. The summed E-state index contributed by atoms with van der Waals surface area (Å²) in [4.78, 5) is 78.3. The molecule has 0 amide bonds. The van der Waals surface area contributed by atoms with Crippen LogP contribution in [-0.4, -0.2) is 59.7 Å². The fourth-order valence-electron chi connectivity index (χ4n) is 3.33. The zero-order valence-corrected chi connectivity index (χ0v) is 40.1. The van der Waals surface area contributed by atoms with E-state index in [-0.39, 0.29) is 21.6 Å². The van der Waals surface area contributed by atoms with Gasteiger partial charge in [0.25, 0.3) is 0 Å². The molecule has 0 saturated carbocycles. The van der Waals surface area contributed by atoms with E-state index in [0.717, 1.165) is 0 Å². The van der Waals surface area contributed by atoms with Gasteiger partial charge in [0, 0.05) is 9.79 Å². The molecule has 0 N–H and O–H groups in total. The maximum absolute atomic E-state index is 13.4. The van der Waals surface area contributed by atoms with Crippen LogP contribution in [0.1, 0.15) is 62.1 Å². The fourth-order valence-corrected chi connectivity index (χ4v) is 7.26. The van der Waals surface area contributed by atoms with Crippen LogP contribution in [0.3, 0.4) is 0 Å². The number of hydrogen-bond acceptors (Lipinski definition) is 14. The van der Waals surface area contributed by atoms with Crippen molar-refractivity contribution in [1.82, 2.24) is 0 Å². The van der Waals surface area contributed by atoms with E-state index in [1.165, 1.54) is 0 Å².